The molecule has 13 heteroatoms. The summed E-state index contributed by atoms with van der Waals surface area (Å²) < 4.78 is 20.2. The van der Waals surface area contributed by atoms with Crippen molar-refractivity contribution < 1.29 is 19.1 Å². The molecule has 0 saturated carbocycles. The Morgan fingerprint density at radius 2 is 2.06 bits per heavy atom. The van der Waals surface area contributed by atoms with E-state index in [9.17, 15) is 23.9 Å². The molecule has 1 fully saturated rings. The molecular weight excluding hydrogens is 465 g/mol. The predicted molar refractivity (Wildman–Crippen MR) is 121 cm³/mol. The highest BCUT2D eigenvalue weighted by molar-refractivity contribution is 7.08. The zero-order valence-corrected chi connectivity index (χ0v) is 18.4. The summed E-state index contributed by atoms with van der Waals surface area (Å²) in [5.41, 5.74) is -0.585. The van der Waals surface area contributed by atoms with Gasteiger partial charge >= 0.3 is 5.97 Å². The Balaban J connectivity index is 1.46. The molecule has 0 aromatic carbocycles. The topological polar surface area (TPSA) is 143 Å². The van der Waals surface area contributed by atoms with E-state index in [1.165, 1.54) is 10.9 Å². The monoisotopic (exact) mass is 481 g/mol. The molecule has 0 bridgehead atoms. The molecule has 4 aromatic rings. The second-order valence-electron chi connectivity index (χ2n) is 7.69. The molecule has 1 aliphatic rings. The van der Waals surface area contributed by atoms with E-state index >= 15 is 0 Å². The van der Waals surface area contributed by atoms with Gasteiger partial charge in [-0.25, -0.2) is 24.1 Å². The maximum absolute atomic E-state index is 15.0. The van der Waals surface area contributed by atoms with E-state index in [1.54, 1.807) is 17.0 Å². The number of aryl methyl sites for hydroxylation is 1. The van der Waals surface area contributed by atoms with Crippen molar-refractivity contribution in [3.05, 3.63) is 64.1 Å². The average Bonchev–Trinajstić information content (AvgIpc) is 3.28. The van der Waals surface area contributed by atoms with Crippen molar-refractivity contribution in [2.45, 2.75) is 6.92 Å². The first kappa shape index (κ1) is 21.6. The first-order chi connectivity index (χ1) is 16.3. The van der Waals surface area contributed by atoms with Crippen LogP contribution in [0.4, 0.5) is 16.0 Å². The van der Waals surface area contributed by atoms with Crippen LogP contribution < -0.4 is 15.6 Å². The Bertz CT molecular complexity index is 1500. The summed E-state index contributed by atoms with van der Waals surface area (Å²) in [6, 6.07) is 6.25. The van der Waals surface area contributed by atoms with E-state index in [0.717, 1.165) is 29.5 Å². The number of nitrogens with one attached hydrogen (secondary N) is 1. The Hall–Kier alpha value is -4.26. The van der Waals surface area contributed by atoms with Gasteiger partial charge in [-0.15, -0.1) is 0 Å². The minimum atomic E-state index is -1.45. The number of hydrogen-bond donors (Lipinski definition) is 2. The number of carboxylic acid groups (broad SMARTS) is 1. The number of pyridine rings is 3. The minimum Gasteiger partial charge on any atom is -0.477 e. The summed E-state index contributed by atoms with van der Waals surface area (Å²) >= 11 is 0.962. The molecule has 1 aliphatic heterocycles. The van der Waals surface area contributed by atoms with Crippen LogP contribution in [0.3, 0.4) is 0 Å². The standard InChI is InChI=1S/C21H16FN7O4S/c1-10-3-2-4-15(25-10)26-19(31)11-6-28(7-11)18-14(22)5-12-16(30)13(20(32)33)8-29(17(12)27-18)21-23-9-24-34-21/h2-5,8-9,11H,6-7H2,1H3,(H,32,33)(H,25,26,31). The van der Waals surface area contributed by atoms with E-state index in [2.05, 4.69) is 24.6 Å². The van der Waals surface area contributed by atoms with Gasteiger partial charge in [-0.3, -0.25) is 14.2 Å². The van der Waals surface area contributed by atoms with Crippen molar-refractivity contribution >= 4 is 46.1 Å². The van der Waals surface area contributed by atoms with Gasteiger partial charge in [0.05, 0.1) is 11.3 Å². The molecule has 0 radical (unpaired) electrons. The summed E-state index contributed by atoms with van der Waals surface area (Å²) in [5.74, 6) is -2.50. The number of hydrogen-bond acceptors (Lipinski definition) is 9. The van der Waals surface area contributed by atoms with Crippen LogP contribution in [0.1, 0.15) is 16.1 Å². The van der Waals surface area contributed by atoms with E-state index in [-0.39, 0.29) is 41.0 Å². The maximum Gasteiger partial charge on any atom is 0.341 e. The van der Waals surface area contributed by atoms with Crippen LogP contribution in [0.15, 0.2) is 41.6 Å². The van der Waals surface area contributed by atoms with Crippen molar-refractivity contribution in [3.63, 3.8) is 0 Å². The van der Waals surface area contributed by atoms with Gasteiger partial charge in [0.1, 0.15) is 17.7 Å². The summed E-state index contributed by atoms with van der Waals surface area (Å²) in [4.78, 5) is 50.9. The van der Waals surface area contributed by atoms with Gasteiger partial charge in [-0.2, -0.15) is 4.37 Å². The number of carbonyl (C=O) groups excluding carboxylic acids is 1. The molecule has 2 N–H and O–H groups in total. The number of aromatic carboxylic acids is 1. The molecule has 0 aliphatic carbocycles. The van der Waals surface area contributed by atoms with Crippen molar-refractivity contribution in [2.24, 2.45) is 5.92 Å². The van der Waals surface area contributed by atoms with Crippen molar-refractivity contribution in [1.82, 2.24) is 23.9 Å². The molecule has 5 rings (SSSR count). The van der Waals surface area contributed by atoms with Crippen molar-refractivity contribution in [1.29, 1.82) is 0 Å². The molecule has 172 valence electrons. The van der Waals surface area contributed by atoms with Gasteiger partial charge in [-0.1, -0.05) is 6.07 Å². The number of carboxylic acids is 1. The molecule has 1 saturated heterocycles. The lowest BCUT2D eigenvalue weighted by Gasteiger charge is -2.39. The van der Waals surface area contributed by atoms with Crippen LogP contribution in [-0.4, -0.2) is 54.0 Å². The number of amides is 1. The molecule has 1 amide bonds. The Labute approximate surface area is 194 Å². The molecule has 34 heavy (non-hydrogen) atoms. The zero-order chi connectivity index (χ0) is 24.0. The van der Waals surface area contributed by atoms with Gasteiger partial charge in [-0.05, 0) is 25.1 Å². The van der Waals surface area contributed by atoms with Crippen LogP contribution in [0, 0.1) is 18.7 Å². The van der Waals surface area contributed by atoms with Gasteiger partial charge in [0.25, 0.3) is 0 Å². The van der Waals surface area contributed by atoms with Crippen molar-refractivity contribution in [2.75, 3.05) is 23.3 Å². The van der Waals surface area contributed by atoms with Gasteiger partial charge < -0.3 is 15.3 Å². The molecule has 5 heterocycles. The average molecular weight is 481 g/mol. The quantitative estimate of drug-likeness (QED) is 0.436. The Kier molecular flexibility index (Phi) is 5.24. The normalized spacial score (nSPS) is 13.6. The van der Waals surface area contributed by atoms with Gasteiger partial charge in [0.2, 0.25) is 16.5 Å². The Morgan fingerprint density at radius 3 is 2.74 bits per heavy atom. The lowest BCUT2D eigenvalue weighted by atomic mass is 9.99. The van der Waals surface area contributed by atoms with Crippen LogP contribution in [-0.2, 0) is 4.79 Å². The van der Waals surface area contributed by atoms with E-state index in [0.29, 0.717) is 5.82 Å². The highest BCUT2D eigenvalue weighted by Crippen LogP contribution is 2.29. The van der Waals surface area contributed by atoms with E-state index in [4.69, 9.17) is 0 Å². The minimum absolute atomic E-state index is 0.0417. The highest BCUT2D eigenvalue weighted by Gasteiger charge is 2.35. The fourth-order valence-corrected chi connectivity index (χ4v) is 4.18. The molecule has 11 nitrogen and oxygen atoms in total. The third-order valence-electron chi connectivity index (χ3n) is 5.39. The number of nitrogens with zero attached hydrogens (tertiary/aromatic N) is 6. The van der Waals surface area contributed by atoms with Crippen LogP contribution >= 0.6 is 11.5 Å². The Morgan fingerprint density at radius 1 is 1.26 bits per heavy atom. The molecular formula is C21H16FN7O4S. The lowest BCUT2D eigenvalue weighted by molar-refractivity contribution is -0.120. The SMILES string of the molecule is Cc1cccc(NC(=O)C2CN(c3nc4c(cc3F)c(=O)c(C(=O)O)cn4-c3ncns3)C2)n1. The van der Waals surface area contributed by atoms with E-state index < -0.39 is 28.7 Å². The van der Waals surface area contributed by atoms with Crippen LogP contribution in [0.5, 0.6) is 0 Å². The lowest BCUT2D eigenvalue weighted by Crippen LogP contribution is -2.52. The number of rotatable bonds is 5. The van der Waals surface area contributed by atoms with Crippen LogP contribution in [0.25, 0.3) is 16.2 Å². The van der Waals surface area contributed by atoms with Gasteiger partial charge in [0, 0.05) is 36.5 Å². The summed E-state index contributed by atoms with van der Waals surface area (Å²) in [6.07, 6.45) is 2.37. The first-order valence-electron chi connectivity index (χ1n) is 10.1. The van der Waals surface area contributed by atoms with Gasteiger partial charge in [0.15, 0.2) is 17.3 Å². The first-order valence-corrected chi connectivity index (χ1v) is 10.8. The highest BCUT2D eigenvalue weighted by atomic mass is 32.1. The third-order valence-corrected chi connectivity index (χ3v) is 6.06. The second-order valence-corrected chi connectivity index (χ2v) is 8.45. The third kappa shape index (κ3) is 3.75. The molecule has 4 aromatic heterocycles. The number of aromatic nitrogens is 5. The smallest absolute Gasteiger partial charge is 0.341 e. The molecule has 0 spiro atoms. The maximum atomic E-state index is 15.0. The zero-order valence-electron chi connectivity index (χ0n) is 17.6. The fourth-order valence-electron chi connectivity index (χ4n) is 3.67. The fraction of sp³-hybridized carbons (Fsp3) is 0.190. The summed E-state index contributed by atoms with van der Waals surface area (Å²) in [7, 11) is 0. The number of anilines is 2. The van der Waals surface area contributed by atoms with Crippen molar-refractivity contribution in [3.8, 4) is 5.13 Å². The van der Waals surface area contributed by atoms with Crippen LogP contribution in [0.2, 0.25) is 0 Å². The molecule has 0 atom stereocenters. The second kappa shape index (κ2) is 8.26. The van der Waals surface area contributed by atoms with E-state index in [1.807, 2.05) is 13.0 Å². The summed E-state index contributed by atoms with van der Waals surface area (Å²) in [6.45, 7) is 2.24. The number of carbonyl (C=O) groups is 2. The summed E-state index contributed by atoms with van der Waals surface area (Å²) in [5, 5.41) is 12.2. The largest absolute Gasteiger partial charge is 0.477 e. The molecule has 0 unspecified atom stereocenters. The number of fused-ring (bicyclic) bond motifs is 1. The number of halogens is 1. The predicted octanol–water partition coefficient (Wildman–Crippen LogP) is 1.85.